The van der Waals surface area contributed by atoms with Gasteiger partial charge in [0.25, 0.3) is 0 Å². The van der Waals surface area contributed by atoms with E-state index in [0.29, 0.717) is 19.2 Å². The standard InChI is InChI=1S/C23H23F6N7.C22H18F9N7.C20H17F6N7O/c1-21(2,3)17-8-5-11-36(17)20-34-18(14-6-4-7-15(32-14)22(24,25)26)33-19(35-20)31-13-9-10-30-16(12-13)23(27,28)29;1-19(22(29,30)31)6-9-38(10-7-19)18-36-16(13-3-2-4-14(34-13)20(23,24)25)35-17(37-18)33-12-5-8-32-15(11-12)21(26,27)28;1-10-8-33(9-13(10)34)18-31-16(12-3-2-4-14(29-12)19(21,22)23)30-17(32-18)28-11-5-6-27-15(7-11)20(24,25)26/h4,6-7,9-10,12,17H,5,8,11H2,1-3H3,(H,30,31,33,34,35);2-5,8,11H,6-7,9-10H2,1H3,(H,32,33,35,36,37);2-7,10,13,34H,8-9H2,1H3,(H,27,28,30,31,32)/t17-;;10-,13-/m1.1/s1. The van der Waals surface area contributed by atoms with Crippen LogP contribution in [0.25, 0.3) is 34.6 Å². The van der Waals surface area contributed by atoms with Crippen molar-refractivity contribution >= 4 is 52.8 Å². The van der Waals surface area contributed by atoms with Crippen LogP contribution >= 0.6 is 0 Å². The fraction of sp³-hybridized carbons (Fsp3) is 0.400. The van der Waals surface area contributed by atoms with Gasteiger partial charge in [0.2, 0.25) is 35.7 Å². The number of nitrogens with zero attached hydrogens (tertiary/aromatic N) is 18. The largest absolute Gasteiger partial charge is 0.433 e. The van der Waals surface area contributed by atoms with Crippen LogP contribution in [0.2, 0.25) is 0 Å². The molecule has 3 fully saturated rings. The second-order valence-corrected chi connectivity index (χ2v) is 25.9. The molecule has 0 aliphatic carbocycles. The summed E-state index contributed by atoms with van der Waals surface area (Å²) in [6.45, 7) is 9.91. The van der Waals surface area contributed by atoms with Crippen LogP contribution in [-0.4, -0.2) is 131 Å². The van der Waals surface area contributed by atoms with Crippen molar-refractivity contribution in [2.24, 2.45) is 16.7 Å². The van der Waals surface area contributed by atoms with E-state index in [4.69, 9.17) is 0 Å². The molecule has 108 heavy (non-hydrogen) atoms. The zero-order chi connectivity index (χ0) is 78.9. The van der Waals surface area contributed by atoms with E-state index in [9.17, 15) is 97.3 Å². The molecule has 9 aromatic rings. The molecule has 0 radical (unpaired) electrons. The van der Waals surface area contributed by atoms with Gasteiger partial charge >= 0.3 is 43.2 Å². The second-order valence-electron chi connectivity index (χ2n) is 25.9. The highest BCUT2D eigenvalue weighted by molar-refractivity contribution is 5.63. The Morgan fingerprint density at radius 1 is 0.407 bits per heavy atom. The Balaban J connectivity index is 0.000000173. The third kappa shape index (κ3) is 19.9. The predicted octanol–water partition coefficient (Wildman–Crippen LogP) is 16.3. The van der Waals surface area contributed by atoms with Crippen molar-refractivity contribution in [3.63, 3.8) is 0 Å². The zero-order valence-corrected chi connectivity index (χ0v) is 56.4. The minimum Gasteiger partial charge on any atom is -0.391 e. The van der Waals surface area contributed by atoms with Crippen LogP contribution in [-0.2, 0) is 37.1 Å². The number of anilines is 9. The van der Waals surface area contributed by atoms with E-state index in [0.717, 1.165) is 80.8 Å². The molecule has 4 N–H and O–H groups in total. The second kappa shape index (κ2) is 30.5. The lowest BCUT2D eigenvalue weighted by Crippen LogP contribution is -2.46. The van der Waals surface area contributed by atoms with Gasteiger partial charge in [-0.05, 0) is 104 Å². The molecule has 43 heteroatoms. The molecule has 22 nitrogen and oxygen atoms in total. The number of β-amino-alcohol motifs (C(OH)–C–C–N with tert-alkyl or cyclic N) is 1. The first-order valence-corrected chi connectivity index (χ1v) is 32.0. The van der Waals surface area contributed by atoms with Crippen molar-refractivity contribution < 1.29 is 97.3 Å². The number of nitrogens with one attached hydrogen (secondary N) is 3. The van der Waals surface area contributed by atoms with Crippen molar-refractivity contribution in [2.45, 2.75) is 116 Å². The fourth-order valence-corrected chi connectivity index (χ4v) is 11.0. The monoisotopic (exact) mass is 1550 g/mol. The van der Waals surface area contributed by atoms with Crippen LogP contribution in [0.3, 0.4) is 0 Å². The van der Waals surface area contributed by atoms with Gasteiger partial charge in [0, 0.05) is 80.3 Å². The van der Waals surface area contributed by atoms with Crippen molar-refractivity contribution in [1.29, 1.82) is 0 Å². The number of rotatable bonds is 12. The van der Waals surface area contributed by atoms with Gasteiger partial charge in [0.05, 0.1) is 11.5 Å². The lowest BCUT2D eigenvalue weighted by molar-refractivity contribution is -0.224. The van der Waals surface area contributed by atoms with Gasteiger partial charge < -0.3 is 35.8 Å². The first kappa shape index (κ1) is 79.8. The highest BCUT2D eigenvalue weighted by Gasteiger charge is 2.52. The minimum absolute atomic E-state index is 0.00576. The molecule has 0 spiro atoms. The highest BCUT2D eigenvalue weighted by Crippen LogP contribution is 2.47. The maximum absolute atomic E-state index is 13.4. The van der Waals surface area contributed by atoms with Crippen LogP contribution in [0.1, 0.15) is 94.5 Å². The molecule has 576 valence electrons. The average molecular weight is 1550 g/mol. The van der Waals surface area contributed by atoms with Crippen LogP contribution in [0, 0.1) is 16.7 Å². The molecule has 3 aliphatic heterocycles. The molecular weight excluding hydrogens is 1490 g/mol. The maximum atomic E-state index is 13.4. The number of aromatic nitrogens is 15. The molecule has 3 aliphatic rings. The summed E-state index contributed by atoms with van der Waals surface area (Å²) in [6.07, 6.45) is -29.5. The van der Waals surface area contributed by atoms with Gasteiger partial charge in [-0.15, -0.1) is 0 Å². The van der Waals surface area contributed by atoms with E-state index in [1.807, 2.05) is 4.90 Å². The number of hydrogen-bond acceptors (Lipinski definition) is 22. The van der Waals surface area contributed by atoms with Crippen molar-refractivity contribution in [3.05, 3.63) is 144 Å². The number of halogens is 21. The van der Waals surface area contributed by atoms with E-state index in [-0.39, 0.29) is 137 Å². The molecule has 3 atom stereocenters. The normalized spacial score (nSPS) is 17.4. The van der Waals surface area contributed by atoms with E-state index in [2.05, 4.69) is 111 Å². The summed E-state index contributed by atoms with van der Waals surface area (Å²) in [6, 6.07) is 15.5. The Labute approximate surface area is 597 Å². The van der Waals surface area contributed by atoms with Crippen LogP contribution < -0.4 is 30.7 Å². The van der Waals surface area contributed by atoms with E-state index in [1.165, 1.54) is 47.4 Å². The van der Waals surface area contributed by atoms with E-state index >= 15 is 0 Å². The van der Waals surface area contributed by atoms with E-state index < -0.39 is 88.9 Å². The number of pyridine rings is 6. The Morgan fingerprint density at radius 3 is 1.07 bits per heavy atom. The molecule has 0 bridgehead atoms. The topological polar surface area (TPSA) is 259 Å². The summed E-state index contributed by atoms with van der Waals surface area (Å²) in [4.78, 5) is 63.2. The fourth-order valence-electron chi connectivity index (χ4n) is 11.0. The highest BCUT2D eigenvalue weighted by atomic mass is 19.4. The SMILES string of the molecule is CC(C)(C)[C@H]1CCCN1c1nc(Nc2ccnc(C(F)(F)F)c2)nc(-c2cccc(C(F)(F)F)n2)n1.CC1(C(F)(F)F)CCN(c2nc(Nc3ccnc(C(F)(F)F)c3)nc(-c3cccc(C(F)(F)F)n3)n2)CC1.C[C@@H]1CN(c2nc(Nc3ccnc(C(F)(F)F)c3)nc(-c3cccc(C(F)(F)F)n3)n2)C[C@H]1O. The quantitative estimate of drug-likeness (QED) is 0.0829. The Morgan fingerprint density at radius 2 is 0.750 bits per heavy atom. The van der Waals surface area contributed by atoms with Crippen molar-refractivity contribution in [3.8, 4) is 34.6 Å². The average Bonchev–Trinajstić information content (AvgIpc) is 1.52. The van der Waals surface area contributed by atoms with Gasteiger partial charge in [-0.25, -0.2) is 15.0 Å². The molecule has 12 rings (SSSR count). The van der Waals surface area contributed by atoms with Crippen LogP contribution in [0.5, 0.6) is 0 Å². The van der Waals surface area contributed by atoms with Gasteiger partial charge in [0.15, 0.2) is 17.5 Å². The van der Waals surface area contributed by atoms with Crippen LogP contribution in [0.4, 0.5) is 145 Å². The van der Waals surface area contributed by atoms with Gasteiger partial charge in [0.1, 0.15) is 51.2 Å². The van der Waals surface area contributed by atoms with Crippen molar-refractivity contribution in [1.82, 2.24) is 74.8 Å². The minimum atomic E-state index is -4.78. The number of piperidine rings is 1. The summed E-state index contributed by atoms with van der Waals surface area (Å²) in [5.41, 5.74) is -9.97. The smallest absolute Gasteiger partial charge is 0.391 e. The molecule has 0 amide bonds. The summed E-state index contributed by atoms with van der Waals surface area (Å²) in [5.74, 6) is -1.50. The molecule has 9 aromatic heterocycles. The molecule has 0 saturated carbocycles. The van der Waals surface area contributed by atoms with E-state index in [1.54, 1.807) is 11.8 Å². The summed E-state index contributed by atoms with van der Waals surface area (Å²) in [5, 5.41) is 17.9. The first-order valence-electron chi connectivity index (χ1n) is 32.0. The number of alkyl halides is 21. The summed E-state index contributed by atoms with van der Waals surface area (Å²) < 4.78 is 277. The zero-order valence-electron chi connectivity index (χ0n) is 56.4. The summed E-state index contributed by atoms with van der Waals surface area (Å²) >= 11 is 0. The Kier molecular flexibility index (Phi) is 22.5. The molecule has 0 unspecified atom stereocenters. The van der Waals surface area contributed by atoms with Gasteiger partial charge in [-0.2, -0.15) is 137 Å². The van der Waals surface area contributed by atoms with Crippen LogP contribution in [0.15, 0.2) is 110 Å². The maximum Gasteiger partial charge on any atom is 0.433 e. The third-order valence-corrected chi connectivity index (χ3v) is 16.8. The predicted molar refractivity (Wildman–Crippen MR) is 345 cm³/mol. The van der Waals surface area contributed by atoms with Crippen molar-refractivity contribution in [2.75, 3.05) is 63.4 Å². The van der Waals surface area contributed by atoms with Gasteiger partial charge in [-0.3, -0.25) is 15.0 Å². The molecule has 0 aromatic carbocycles. The third-order valence-electron chi connectivity index (χ3n) is 16.8. The lowest BCUT2D eigenvalue weighted by atomic mass is 9.80. The lowest BCUT2D eigenvalue weighted by Gasteiger charge is -2.40. The van der Waals surface area contributed by atoms with Gasteiger partial charge in [-0.1, -0.05) is 52.8 Å². The number of aliphatic hydroxyl groups is 1. The Hall–Kier alpha value is -10.8. The molecule has 12 heterocycles. The Bertz CT molecular complexity index is 4630. The number of aliphatic hydroxyl groups excluding tert-OH is 1. The summed E-state index contributed by atoms with van der Waals surface area (Å²) in [7, 11) is 0. The first-order chi connectivity index (χ1) is 50.2. The molecular formula is C65H58F21N21O. The molecule has 3 saturated heterocycles. The number of hydrogen-bond donors (Lipinski definition) is 4.